The quantitative estimate of drug-likeness (QED) is 0.525. The highest BCUT2D eigenvalue weighted by Crippen LogP contribution is 2.35. The Kier molecular flexibility index (Phi) is 9.50. The number of rotatable bonds is 5. The molecule has 2 rings (SSSR count). The molecule has 0 aromatic carbocycles. The fraction of sp³-hybridized carbons (Fsp3) is 0.450. The van der Waals surface area contributed by atoms with Crippen LogP contribution in [0.4, 0.5) is 0 Å². The van der Waals surface area contributed by atoms with Crippen molar-refractivity contribution in [2.24, 2.45) is 0 Å². The van der Waals surface area contributed by atoms with Crippen LogP contribution in [0.15, 0.2) is 58.4 Å². The molecule has 0 amide bonds. The van der Waals surface area contributed by atoms with Crippen molar-refractivity contribution in [3.8, 4) is 0 Å². The minimum Gasteiger partial charge on any atom is -0.468 e. The summed E-state index contributed by atoms with van der Waals surface area (Å²) in [5.41, 5.74) is 2.30. The number of methoxy groups -OCH3 is 1. The van der Waals surface area contributed by atoms with E-state index in [0.29, 0.717) is 0 Å². The van der Waals surface area contributed by atoms with Crippen LogP contribution in [0.25, 0.3) is 0 Å². The van der Waals surface area contributed by atoms with Gasteiger partial charge in [-0.15, -0.1) is 11.8 Å². The van der Waals surface area contributed by atoms with Crippen molar-refractivity contribution in [2.75, 3.05) is 20.2 Å². The Morgan fingerprint density at radius 1 is 1.46 bits per heavy atom. The predicted molar refractivity (Wildman–Crippen MR) is 105 cm³/mol. The van der Waals surface area contributed by atoms with Gasteiger partial charge in [-0.3, -0.25) is 4.90 Å². The lowest BCUT2D eigenvalue weighted by atomic mass is 9.99. The molecular weight excluding hydrogens is 318 g/mol. The molecule has 24 heavy (non-hydrogen) atoms. The predicted octanol–water partition coefficient (Wildman–Crippen LogP) is 4.85. The fourth-order valence-corrected chi connectivity index (χ4v) is 3.66. The molecule has 2 aliphatic rings. The third kappa shape index (κ3) is 5.25. The highest BCUT2D eigenvalue weighted by molar-refractivity contribution is 8.05. The highest BCUT2D eigenvalue weighted by Gasteiger charge is 2.32. The first-order chi connectivity index (χ1) is 11.7. The molecule has 0 spiro atoms. The van der Waals surface area contributed by atoms with Gasteiger partial charge in [0.25, 0.3) is 0 Å². The summed E-state index contributed by atoms with van der Waals surface area (Å²) in [7, 11) is 1.44. The molecule has 0 radical (unpaired) electrons. The van der Waals surface area contributed by atoms with Gasteiger partial charge >= 0.3 is 5.97 Å². The van der Waals surface area contributed by atoms with E-state index in [1.54, 1.807) is 6.08 Å². The summed E-state index contributed by atoms with van der Waals surface area (Å²) in [6, 6.07) is -0.386. The van der Waals surface area contributed by atoms with E-state index in [1.807, 2.05) is 50.8 Å². The molecule has 0 aliphatic carbocycles. The van der Waals surface area contributed by atoms with Crippen molar-refractivity contribution in [2.45, 2.75) is 39.7 Å². The SMILES string of the molecule is C=C/C(=C\C=C/C)C(C(=O)OC)N1CCC2=C(CC=CS2)C1.CC. The standard InChI is InChI=1S/C18H23NO2S.C2H6/c1-4-6-8-14(5-2)17(18(20)21-3)19-11-10-16-15(13-19)9-7-12-22-16;1-2/h4-8,12,17H,2,9-11,13H2,1,3H3;1-2H3/b6-4-,14-8+;. The molecular formula is C20H29NO2S. The van der Waals surface area contributed by atoms with Gasteiger partial charge in [0.05, 0.1) is 7.11 Å². The number of thioether (sulfide) groups is 1. The van der Waals surface area contributed by atoms with Crippen LogP contribution in [0.2, 0.25) is 0 Å². The van der Waals surface area contributed by atoms with Gasteiger partial charge in [0, 0.05) is 13.1 Å². The topological polar surface area (TPSA) is 29.5 Å². The maximum Gasteiger partial charge on any atom is 0.327 e. The number of nitrogens with zero attached hydrogens (tertiary/aromatic N) is 1. The molecule has 4 heteroatoms. The first-order valence-electron chi connectivity index (χ1n) is 8.51. The maximum absolute atomic E-state index is 12.3. The smallest absolute Gasteiger partial charge is 0.327 e. The molecule has 2 aliphatic heterocycles. The van der Waals surface area contributed by atoms with Crippen LogP contribution < -0.4 is 0 Å². The number of ether oxygens (including phenoxy) is 1. The summed E-state index contributed by atoms with van der Waals surface area (Å²) in [6.07, 6.45) is 11.7. The largest absolute Gasteiger partial charge is 0.468 e. The van der Waals surface area contributed by atoms with Gasteiger partial charge in [-0.25, -0.2) is 4.79 Å². The number of allylic oxidation sites excluding steroid dienone is 4. The molecule has 0 N–H and O–H groups in total. The summed E-state index contributed by atoms with van der Waals surface area (Å²) in [6.45, 7) is 11.5. The molecule has 0 bridgehead atoms. The average molecular weight is 348 g/mol. The monoisotopic (exact) mass is 347 g/mol. The Labute approximate surface area is 150 Å². The number of hydrogen-bond donors (Lipinski definition) is 0. The van der Waals surface area contributed by atoms with Gasteiger partial charge in [0.2, 0.25) is 0 Å². The molecule has 1 atom stereocenters. The molecule has 0 aromatic heterocycles. The second kappa shape index (κ2) is 11.1. The van der Waals surface area contributed by atoms with Gasteiger partial charge in [0.1, 0.15) is 6.04 Å². The zero-order valence-corrected chi connectivity index (χ0v) is 16.1. The Morgan fingerprint density at radius 2 is 2.21 bits per heavy atom. The zero-order valence-electron chi connectivity index (χ0n) is 15.2. The van der Waals surface area contributed by atoms with Crippen LogP contribution in [-0.2, 0) is 9.53 Å². The third-order valence-corrected chi connectivity index (χ3v) is 5.01. The van der Waals surface area contributed by atoms with E-state index in [2.05, 4.69) is 23.0 Å². The summed E-state index contributed by atoms with van der Waals surface area (Å²) >= 11 is 1.81. The molecule has 0 saturated heterocycles. The van der Waals surface area contributed by atoms with Crippen molar-refractivity contribution in [1.82, 2.24) is 4.90 Å². The molecule has 0 fully saturated rings. The minimum absolute atomic E-state index is 0.223. The lowest BCUT2D eigenvalue weighted by Crippen LogP contribution is -2.46. The normalized spacial score (nSPS) is 19.4. The van der Waals surface area contributed by atoms with Crippen molar-refractivity contribution in [3.63, 3.8) is 0 Å². The van der Waals surface area contributed by atoms with Crippen molar-refractivity contribution < 1.29 is 9.53 Å². The molecule has 0 saturated carbocycles. The number of esters is 1. The molecule has 2 heterocycles. The summed E-state index contributed by atoms with van der Waals surface area (Å²) < 4.78 is 5.04. The van der Waals surface area contributed by atoms with Crippen molar-refractivity contribution in [1.29, 1.82) is 0 Å². The van der Waals surface area contributed by atoms with Crippen LogP contribution >= 0.6 is 11.8 Å². The number of carbonyl (C=O) groups excluding carboxylic acids is 1. The minimum atomic E-state index is -0.386. The third-order valence-electron chi connectivity index (χ3n) is 3.91. The van der Waals surface area contributed by atoms with E-state index in [-0.39, 0.29) is 12.0 Å². The van der Waals surface area contributed by atoms with Gasteiger partial charge in [-0.05, 0) is 41.2 Å². The first kappa shape index (κ1) is 20.5. The summed E-state index contributed by atoms with van der Waals surface area (Å²) in [4.78, 5) is 16.0. The molecule has 132 valence electrons. The van der Waals surface area contributed by atoms with Gasteiger partial charge < -0.3 is 4.74 Å². The zero-order chi connectivity index (χ0) is 17.9. The number of hydrogen-bond acceptors (Lipinski definition) is 4. The van der Waals surface area contributed by atoms with Crippen LogP contribution in [-0.4, -0.2) is 37.1 Å². The maximum atomic E-state index is 12.3. The Bertz CT molecular complexity index is 558. The summed E-state index contributed by atoms with van der Waals surface area (Å²) in [5.74, 6) is -0.223. The van der Waals surface area contributed by atoms with E-state index >= 15 is 0 Å². The molecule has 1 unspecified atom stereocenters. The van der Waals surface area contributed by atoms with Crippen LogP contribution in [0.1, 0.15) is 33.6 Å². The Balaban J connectivity index is 0.00000139. The van der Waals surface area contributed by atoms with Crippen LogP contribution in [0.3, 0.4) is 0 Å². The molecule has 3 nitrogen and oxygen atoms in total. The highest BCUT2D eigenvalue weighted by atomic mass is 32.2. The van der Waals surface area contributed by atoms with E-state index in [9.17, 15) is 4.79 Å². The molecule has 0 aromatic rings. The van der Waals surface area contributed by atoms with Gasteiger partial charge in [0.15, 0.2) is 0 Å². The lowest BCUT2D eigenvalue weighted by Gasteiger charge is -2.36. The van der Waals surface area contributed by atoms with Crippen LogP contribution in [0.5, 0.6) is 0 Å². The van der Waals surface area contributed by atoms with Crippen molar-refractivity contribution >= 4 is 17.7 Å². The van der Waals surface area contributed by atoms with Gasteiger partial charge in [-0.1, -0.05) is 50.8 Å². The van der Waals surface area contributed by atoms with Crippen LogP contribution in [0, 0.1) is 0 Å². The summed E-state index contributed by atoms with van der Waals surface area (Å²) in [5, 5.41) is 2.16. The lowest BCUT2D eigenvalue weighted by molar-refractivity contribution is -0.145. The second-order valence-corrected chi connectivity index (χ2v) is 6.26. The average Bonchev–Trinajstić information content (AvgIpc) is 2.65. The Morgan fingerprint density at radius 3 is 2.83 bits per heavy atom. The van der Waals surface area contributed by atoms with Gasteiger partial charge in [-0.2, -0.15) is 0 Å². The fourth-order valence-electron chi connectivity index (χ4n) is 2.78. The van der Waals surface area contributed by atoms with E-state index in [4.69, 9.17) is 4.74 Å². The second-order valence-electron chi connectivity index (χ2n) is 5.26. The van der Waals surface area contributed by atoms with E-state index in [1.165, 1.54) is 17.6 Å². The Hall–Kier alpha value is -1.52. The van der Waals surface area contributed by atoms with Crippen molar-refractivity contribution in [3.05, 3.63) is 58.4 Å². The number of carbonyl (C=O) groups is 1. The van der Waals surface area contributed by atoms with E-state index in [0.717, 1.165) is 31.5 Å². The first-order valence-corrected chi connectivity index (χ1v) is 9.39. The van der Waals surface area contributed by atoms with E-state index < -0.39 is 0 Å².